The van der Waals surface area contributed by atoms with Gasteiger partial charge in [-0.2, -0.15) is 9.37 Å². The monoisotopic (exact) mass is 366 g/mol. The second kappa shape index (κ2) is 9.13. The van der Waals surface area contributed by atoms with Crippen LogP contribution >= 0.6 is 23.2 Å². The maximum atomic E-state index is 13.6. The van der Waals surface area contributed by atoms with Gasteiger partial charge in [0, 0.05) is 5.92 Å². The third kappa shape index (κ3) is 5.39. The molecule has 5 nitrogen and oxygen atoms in total. The quantitative estimate of drug-likeness (QED) is 0.494. The van der Waals surface area contributed by atoms with Gasteiger partial charge < -0.3 is 15.6 Å². The minimum absolute atomic E-state index is 0.194. The molecule has 23 heavy (non-hydrogen) atoms. The number of carbonyl (C=O) groups is 1. The van der Waals surface area contributed by atoms with Crippen molar-refractivity contribution in [2.75, 3.05) is 5.73 Å². The summed E-state index contributed by atoms with van der Waals surface area (Å²) in [6, 6.07) is 0. The summed E-state index contributed by atoms with van der Waals surface area (Å²) in [6.45, 7) is 3.86. The number of unbranched alkanes of at least 4 members (excludes halogenated alkanes) is 3. The number of carboxylic acid groups (broad SMARTS) is 1. The van der Waals surface area contributed by atoms with Crippen LogP contribution in [0.5, 0.6) is 5.88 Å². The summed E-state index contributed by atoms with van der Waals surface area (Å²) >= 11 is 11.5. The smallest absolute Gasteiger partial charge is 0.345 e. The number of pyridine rings is 1. The number of hydrogen-bond donors (Lipinski definition) is 2. The zero-order valence-electron chi connectivity index (χ0n) is 13.1. The molecule has 1 aromatic heterocycles. The van der Waals surface area contributed by atoms with Crippen LogP contribution < -0.4 is 10.5 Å². The number of hydrogen-bond acceptors (Lipinski definition) is 4. The molecule has 1 rings (SSSR count). The Bertz CT molecular complexity index is 558. The zero-order chi connectivity index (χ0) is 17.6. The normalized spacial score (nSPS) is 13.6. The van der Waals surface area contributed by atoms with Crippen LogP contribution in [0.1, 0.15) is 46.0 Å². The molecule has 0 radical (unpaired) electrons. The van der Waals surface area contributed by atoms with E-state index in [2.05, 4.69) is 11.9 Å². The first-order valence-electron chi connectivity index (χ1n) is 7.49. The van der Waals surface area contributed by atoms with E-state index in [9.17, 15) is 14.3 Å². The fraction of sp³-hybridized carbons (Fsp3) is 0.600. The first-order valence-corrected chi connectivity index (χ1v) is 8.24. The first-order chi connectivity index (χ1) is 10.8. The summed E-state index contributed by atoms with van der Waals surface area (Å²) in [4.78, 5) is 14.9. The van der Waals surface area contributed by atoms with Crippen LogP contribution in [0.15, 0.2) is 0 Å². The van der Waals surface area contributed by atoms with Crippen LogP contribution in [0.25, 0.3) is 0 Å². The van der Waals surface area contributed by atoms with Gasteiger partial charge in [-0.1, -0.05) is 62.7 Å². The van der Waals surface area contributed by atoms with Gasteiger partial charge >= 0.3 is 5.97 Å². The largest absolute Gasteiger partial charge is 0.478 e. The number of aromatic nitrogens is 1. The molecule has 0 aliphatic carbocycles. The van der Waals surface area contributed by atoms with Gasteiger partial charge in [0.1, 0.15) is 10.0 Å². The Morgan fingerprint density at radius 2 is 2.00 bits per heavy atom. The van der Waals surface area contributed by atoms with Crippen molar-refractivity contribution in [2.24, 2.45) is 5.92 Å². The Morgan fingerprint density at radius 1 is 1.35 bits per heavy atom. The second-order valence-electron chi connectivity index (χ2n) is 5.45. The molecular weight excluding hydrogens is 346 g/mol. The lowest BCUT2D eigenvalue weighted by atomic mass is 9.97. The fourth-order valence-electron chi connectivity index (χ4n) is 2.16. The molecule has 130 valence electrons. The number of rotatable bonds is 9. The Kier molecular flexibility index (Phi) is 7.85. The molecule has 1 heterocycles. The van der Waals surface area contributed by atoms with Crippen molar-refractivity contribution in [1.29, 1.82) is 0 Å². The van der Waals surface area contributed by atoms with E-state index < -0.39 is 23.0 Å². The maximum absolute atomic E-state index is 13.6. The number of anilines is 1. The topological polar surface area (TPSA) is 85.4 Å². The summed E-state index contributed by atoms with van der Waals surface area (Å²) in [5, 5.41) is 8.74. The average molecular weight is 367 g/mol. The highest BCUT2D eigenvalue weighted by molar-refractivity contribution is 6.39. The summed E-state index contributed by atoms with van der Waals surface area (Å²) < 4.78 is 18.9. The van der Waals surface area contributed by atoms with Crippen LogP contribution in [0, 0.1) is 11.9 Å². The molecule has 0 amide bonds. The summed E-state index contributed by atoms with van der Waals surface area (Å²) in [5.74, 6) is -2.87. The Balaban J connectivity index is 2.86. The lowest BCUT2D eigenvalue weighted by Crippen LogP contribution is -2.34. The van der Waals surface area contributed by atoms with Crippen molar-refractivity contribution in [2.45, 2.75) is 52.1 Å². The van der Waals surface area contributed by atoms with Crippen LogP contribution in [0.3, 0.4) is 0 Å². The van der Waals surface area contributed by atoms with Gasteiger partial charge in [-0.05, 0) is 6.42 Å². The molecule has 0 saturated heterocycles. The van der Waals surface area contributed by atoms with Crippen LogP contribution in [0.2, 0.25) is 10.0 Å². The van der Waals surface area contributed by atoms with Crippen molar-refractivity contribution in [3.8, 4) is 5.88 Å². The molecule has 0 fully saturated rings. The average Bonchev–Trinajstić information content (AvgIpc) is 2.51. The molecule has 1 aromatic rings. The van der Waals surface area contributed by atoms with Crippen molar-refractivity contribution in [1.82, 2.24) is 4.98 Å². The highest BCUT2D eigenvalue weighted by atomic mass is 35.5. The Labute approximate surface area is 144 Å². The molecule has 8 heteroatoms. The Hall–Kier alpha value is -1.27. The van der Waals surface area contributed by atoms with Crippen molar-refractivity contribution < 1.29 is 19.0 Å². The van der Waals surface area contributed by atoms with Gasteiger partial charge in [0.05, 0.1) is 5.69 Å². The molecule has 0 saturated carbocycles. The van der Waals surface area contributed by atoms with Gasteiger partial charge in [0.2, 0.25) is 11.8 Å². The Morgan fingerprint density at radius 3 is 2.57 bits per heavy atom. The van der Waals surface area contributed by atoms with E-state index >= 15 is 0 Å². The van der Waals surface area contributed by atoms with E-state index in [-0.39, 0.29) is 22.5 Å². The summed E-state index contributed by atoms with van der Waals surface area (Å²) in [5.41, 5.74) is 5.33. The van der Waals surface area contributed by atoms with E-state index in [4.69, 9.17) is 33.7 Å². The van der Waals surface area contributed by atoms with Gasteiger partial charge in [-0.15, -0.1) is 0 Å². The molecular formula is C15H21Cl2FN2O3. The molecule has 2 unspecified atom stereocenters. The summed E-state index contributed by atoms with van der Waals surface area (Å²) in [6.07, 6.45) is 3.57. The van der Waals surface area contributed by atoms with Gasteiger partial charge in [0.25, 0.3) is 0 Å². The molecule has 0 bridgehead atoms. The predicted molar refractivity (Wildman–Crippen MR) is 88.6 cm³/mol. The number of ether oxygens (including phenoxy) is 1. The number of nitrogens with two attached hydrogens (primary N) is 1. The van der Waals surface area contributed by atoms with Crippen molar-refractivity contribution >= 4 is 34.9 Å². The molecule has 0 spiro atoms. The second-order valence-corrected chi connectivity index (χ2v) is 6.21. The molecule has 0 aliphatic heterocycles. The number of nitrogens with zero attached hydrogens (tertiary/aromatic N) is 1. The van der Waals surface area contributed by atoms with E-state index in [1.165, 1.54) is 0 Å². The lowest BCUT2D eigenvalue weighted by molar-refractivity contribution is -0.147. The standard InChI is InChI=1S/C15H21Cl2FN2O3/c1-3-4-5-6-7-8(2)12(15(21)22)23-14-10(17)11(19)9(16)13(18)20-14/h8,12H,3-7H2,1-2H3,(H2,19,20)(H,21,22). The van der Waals surface area contributed by atoms with Crippen molar-refractivity contribution in [3.63, 3.8) is 0 Å². The third-order valence-electron chi connectivity index (χ3n) is 3.55. The van der Waals surface area contributed by atoms with Gasteiger partial charge in [-0.25, -0.2) is 4.79 Å². The van der Waals surface area contributed by atoms with Crippen molar-refractivity contribution in [3.05, 3.63) is 16.0 Å². The number of nitrogen functional groups attached to an aromatic ring is 1. The number of carboxylic acids is 1. The predicted octanol–water partition coefficient (Wildman–Crippen LogP) is 4.55. The van der Waals surface area contributed by atoms with Crippen LogP contribution in [-0.4, -0.2) is 22.2 Å². The third-order valence-corrected chi connectivity index (χ3v) is 4.28. The molecule has 0 aromatic carbocycles. The molecule has 3 N–H and O–H groups in total. The van der Waals surface area contributed by atoms with E-state index in [1.807, 2.05) is 0 Å². The first kappa shape index (κ1) is 19.8. The van der Waals surface area contributed by atoms with Crippen LogP contribution in [-0.2, 0) is 4.79 Å². The number of halogens is 3. The molecule has 0 aliphatic rings. The highest BCUT2D eigenvalue weighted by Crippen LogP contribution is 2.36. The zero-order valence-corrected chi connectivity index (χ0v) is 14.6. The van der Waals surface area contributed by atoms with E-state index in [0.717, 1.165) is 25.7 Å². The molecule has 2 atom stereocenters. The number of aliphatic carboxylic acids is 1. The van der Waals surface area contributed by atoms with Gasteiger partial charge in [0.15, 0.2) is 6.10 Å². The minimum Gasteiger partial charge on any atom is -0.478 e. The minimum atomic E-state index is -1.19. The SMILES string of the molecule is CCCCCCC(C)C(Oc1nc(F)c(Cl)c(N)c1Cl)C(=O)O. The van der Waals surface area contributed by atoms with E-state index in [0.29, 0.717) is 6.42 Å². The highest BCUT2D eigenvalue weighted by Gasteiger charge is 2.29. The fourth-order valence-corrected chi connectivity index (χ4v) is 2.53. The van der Waals surface area contributed by atoms with Crippen LogP contribution in [0.4, 0.5) is 10.1 Å². The van der Waals surface area contributed by atoms with Gasteiger partial charge in [-0.3, -0.25) is 0 Å². The maximum Gasteiger partial charge on any atom is 0.345 e. The summed E-state index contributed by atoms with van der Waals surface area (Å²) in [7, 11) is 0. The lowest BCUT2D eigenvalue weighted by Gasteiger charge is -2.22. The van der Waals surface area contributed by atoms with E-state index in [1.54, 1.807) is 6.92 Å².